The minimum atomic E-state index is -0.0567. The van der Waals surface area contributed by atoms with E-state index in [1.54, 1.807) is 0 Å². The molecule has 0 aliphatic rings. The van der Waals surface area contributed by atoms with Gasteiger partial charge in [-0.15, -0.1) is 0 Å². The second-order valence-electron chi connectivity index (χ2n) is 3.89. The number of aromatic amines is 1. The molecule has 0 aliphatic heterocycles. The van der Waals surface area contributed by atoms with Crippen molar-refractivity contribution in [1.82, 2.24) is 10.3 Å². The molecule has 0 radical (unpaired) electrons. The number of carbonyl (C=O) groups excluding carboxylic acids is 1. The number of hydrogen-bond donors (Lipinski definition) is 2. The molecule has 1 aromatic carbocycles. The Kier molecular flexibility index (Phi) is 4.02. The number of nitrogens with one attached hydrogen (secondary N) is 2. The van der Waals surface area contributed by atoms with Crippen molar-refractivity contribution in [3.05, 3.63) is 48.9 Å². The Balaban J connectivity index is 1.96. The van der Waals surface area contributed by atoms with Crippen LogP contribution in [0.15, 0.2) is 43.3 Å². The highest BCUT2D eigenvalue weighted by Gasteiger charge is 2.09. The van der Waals surface area contributed by atoms with Gasteiger partial charge in [0.25, 0.3) is 5.91 Å². The molecule has 2 N–H and O–H groups in total. The van der Waals surface area contributed by atoms with Gasteiger partial charge in [0.05, 0.1) is 12.9 Å². The van der Waals surface area contributed by atoms with E-state index in [9.17, 15) is 4.79 Å². The van der Waals surface area contributed by atoms with Crippen LogP contribution in [0.5, 0.6) is 0 Å². The lowest BCUT2D eigenvalue weighted by Crippen LogP contribution is -2.25. The number of H-pyrrole nitrogens is 1. The van der Waals surface area contributed by atoms with Crippen molar-refractivity contribution in [3.8, 4) is 0 Å². The molecule has 0 saturated carbocycles. The Hall–Kier alpha value is -2.23. The van der Waals surface area contributed by atoms with Gasteiger partial charge in [0.1, 0.15) is 0 Å². The van der Waals surface area contributed by atoms with E-state index in [1.807, 2.05) is 30.5 Å². The first-order valence-electron chi connectivity index (χ1n) is 5.90. The summed E-state index contributed by atoms with van der Waals surface area (Å²) in [5.74, 6) is -0.0567. The van der Waals surface area contributed by atoms with E-state index in [2.05, 4.69) is 16.9 Å². The quantitative estimate of drug-likeness (QED) is 0.605. The highest BCUT2D eigenvalue weighted by molar-refractivity contribution is 6.06. The van der Waals surface area contributed by atoms with Gasteiger partial charge in [-0.05, 0) is 24.6 Å². The summed E-state index contributed by atoms with van der Waals surface area (Å²) in [5, 5.41) is 3.81. The fraction of sp³-hybridized carbons (Fsp3) is 0.214. The largest absolute Gasteiger partial charge is 0.502 e. The average Bonchev–Trinajstić information content (AvgIpc) is 2.86. The molecule has 2 rings (SSSR count). The van der Waals surface area contributed by atoms with Crippen LogP contribution >= 0.6 is 0 Å². The minimum Gasteiger partial charge on any atom is -0.502 e. The zero-order chi connectivity index (χ0) is 12.8. The highest BCUT2D eigenvalue weighted by atomic mass is 16.5. The summed E-state index contributed by atoms with van der Waals surface area (Å²) in [7, 11) is 0. The monoisotopic (exact) mass is 244 g/mol. The Morgan fingerprint density at radius 2 is 2.33 bits per heavy atom. The van der Waals surface area contributed by atoms with Gasteiger partial charge in [-0.2, -0.15) is 0 Å². The van der Waals surface area contributed by atoms with E-state index in [0.29, 0.717) is 18.7 Å². The van der Waals surface area contributed by atoms with E-state index in [0.717, 1.165) is 17.3 Å². The van der Waals surface area contributed by atoms with Crippen molar-refractivity contribution >= 4 is 16.8 Å². The van der Waals surface area contributed by atoms with E-state index >= 15 is 0 Å². The molecule has 0 aliphatic carbocycles. The Morgan fingerprint density at radius 3 is 3.17 bits per heavy atom. The first kappa shape index (κ1) is 12.2. The summed E-state index contributed by atoms with van der Waals surface area (Å²) in [6.45, 7) is 4.61. The summed E-state index contributed by atoms with van der Waals surface area (Å²) < 4.78 is 4.99. The molecule has 0 spiro atoms. The second kappa shape index (κ2) is 5.91. The fourth-order valence-electron chi connectivity index (χ4n) is 1.82. The molecule has 1 heterocycles. The molecule has 2 aromatic rings. The molecular weight excluding hydrogens is 228 g/mol. The molecule has 18 heavy (non-hydrogen) atoms. The van der Waals surface area contributed by atoms with Crippen LogP contribution in [-0.2, 0) is 4.74 Å². The van der Waals surface area contributed by atoms with Gasteiger partial charge >= 0.3 is 0 Å². The molecule has 0 atom stereocenters. The van der Waals surface area contributed by atoms with Crippen molar-refractivity contribution in [2.24, 2.45) is 0 Å². The lowest BCUT2D eigenvalue weighted by molar-refractivity contribution is 0.0952. The molecule has 1 aromatic heterocycles. The average molecular weight is 244 g/mol. The van der Waals surface area contributed by atoms with Gasteiger partial charge in [0, 0.05) is 29.2 Å². The number of aromatic nitrogens is 1. The predicted octanol–water partition coefficient (Wildman–Crippen LogP) is 2.45. The molecule has 4 nitrogen and oxygen atoms in total. The summed E-state index contributed by atoms with van der Waals surface area (Å²) in [6.07, 6.45) is 4.00. The number of hydrogen-bond acceptors (Lipinski definition) is 2. The molecule has 0 unspecified atom stereocenters. The summed E-state index contributed by atoms with van der Waals surface area (Å²) in [6, 6.07) is 7.55. The molecule has 94 valence electrons. The van der Waals surface area contributed by atoms with Crippen LogP contribution in [0.1, 0.15) is 16.8 Å². The Labute approximate surface area is 106 Å². The Bertz CT molecular complexity index is 545. The van der Waals surface area contributed by atoms with E-state index in [-0.39, 0.29) is 5.91 Å². The third-order valence-corrected chi connectivity index (χ3v) is 2.68. The molecule has 0 saturated heterocycles. The summed E-state index contributed by atoms with van der Waals surface area (Å²) >= 11 is 0. The third kappa shape index (κ3) is 2.71. The van der Waals surface area contributed by atoms with Crippen LogP contribution in [-0.4, -0.2) is 24.0 Å². The third-order valence-electron chi connectivity index (χ3n) is 2.68. The summed E-state index contributed by atoms with van der Waals surface area (Å²) in [5.41, 5.74) is 1.66. The van der Waals surface area contributed by atoms with E-state index in [4.69, 9.17) is 4.74 Å². The van der Waals surface area contributed by atoms with E-state index in [1.165, 1.54) is 6.26 Å². The highest BCUT2D eigenvalue weighted by Crippen LogP contribution is 2.16. The van der Waals surface area contributed by atoms with Crippen molar-refractivity contribution in [2.45, 2.75) is 6.42 Å². The van der Waals surface area contributed by atoms with Crippen LogP contribution in [0.4, 0.5) is 0 Å². The lowest BCUT2D eigenvalue weighted by Gasteiger charge is -2.06. The van der Waals surface area contributed by atoms with Gasteiger partial charge in [-0.3, -0.25) is 4.79 Å². The van der Waals surface area contributed by atoms with Crippen LogP contribution < -0.4 is 5.32 Å². The number of amides is 1. The van der Waals surface area contributed by atoms with Crippen LogP contribution in [0.25, 0.3) is 10.9 Å². The number of fused-ring (bicyclic) bond motifs is 1. The number of benzene rings is 1. The van der Waals surface area contributed by atoms with E-state index < -0.39 is 0 Å². The van der Waals surface area contributed by atoms with Gasteiger partial charge in [-0.1, -0.05) is 12.6 Å². The topological polar surface area (TPSA) is 54.1 Å². The normalized spacial score (nSPS) is 10.2. The number of ether oxygens (including phenoxy) is 1. The van der Waals surface area contributed by atoms with Crippen LogP contribution in [0.3, 0.4) is 0 Å². The van der Waals surface area contributed by atoms with Gasteiger partial charge in [0.15, 0.2) is 0 Å². The molecule has 0 bridgehead atoms. The van der Waals surface area contributed by atoms with Crippen molar-refractivity contribution in [1.29, 1.82) is 0 Å². The standard InChI is InChI=1S/C14H16N2O2/c1-2-18-10-4-8-16-14(17)12-5-3-6-13-11(12)7-9-15-13/h2-3,5-7,9,15H,1,4,8,10H2,(H,16,17). The second-order valence-corrected chi connectivity index (χ2v) is 3.89. The minimum absolute atomic E-state index is 0.0567. The predicted molar refractivity (Wildman–Crippen MR) is 71.4 cm³/mol. The zero-order valence-corrected chi connectivity index (χ0v) is 10.1. The maximum absolute atomic E-state index is 12.0. The SMILES string of the molecule is C=COCCCNC(=O)c1cccc2[nH]ccc12. The lowest BCUT2D eigenvalue weighted by atomic mass is 10.1. The first-order valence-corrected chi connectivity index (χ1v) is 5.90. The maximum atomic E-state index is 12.0. The van der Waals surface area contributed by atoms with Crippen molar-refractivity contribution in [2.75, 3.05) is 13.2 Å². The number of rotatable bonds is 6. The van der Waals surface area contributed by atoms with Crippen molar-refractivity contribution < 1.29 is 9.53 Å². The number of carbonyl (C=O) groups is 1. The smallest absolute Gasteiger partial charge is 0.251 e. The molecule has 4 heteroatoms. The fourth-order valence-corrected chi connectivity index (χ4v) is 1.82. The van der Waals surface area contributed by atoms with Gasteiger partial charge < -0.3 is 15.0 Å². The van der Waals surface area contributed by atoms with Crippen molar-refractivity contribution in [3.63, 3.8) is 0 Å². The molecule has 1 amide bonds. The first-order chi connectivity index (χ1) is 8.83. The zero-order valence-electron chi connectivity index (χ0n) is 10.1. The van der Waals surface area contributed by atoms with Crippen LogP contribution in [0.2, 0.25) is 0 Å². The van der Waals surface area contributed by atoms with Crippen LogP contribution in [0, 0.1) is 0 Å². The summed E-state index contributed by atoms with van der Waals surface area (Å²) in [4.78, 5) is 15.1. The maximum Gasteiger partial charge on any atom is 0.251 e. The van der Waals surface area contributed by atoms with Gasteiger partial charge in [0.2, 0.25) is 0 Å². The molecule has 0 fully saturated rings. The Morgan fingerprint density at radius 1 is 1.44 bits per heavy atom. The molecular formula is C14H16N2O2. The van der Waals surface area contributed by atoms with Gasteiger partial charge in [-0.25, -0.2) is 0 Å².